The minimum absolute atomic E-state index is 0.155. The summed E-state index contributed by atoms with van der Waals surface area (Å²) >= 11 is 0. The van der Waals surface area contributed by atoms with Crippen LogP contribution in [0.25, 0.3) is 0 Å². The van der Waals surface area contributed by atoms with Crippen LogP contribution in [-0.4, -0.2) is 74.4 Å². The van der Waals surface area contributed by atoms with Crippen LogP contribution in [0.1, 0.15) is 20.3 Å². The molecule has 1 fully saturated rings. The van der Waals surface area contributed by atoms with Crippen LogP contribution in [0, 0.1) is 11.7 Å². The van der Waals surface area contributed by atoms with Crippen molar-refractivity contribution in [3.63, 3.8) is 0 Å². The minimum Gasteiger partial charge on any atom is -0.486 e. The molecule has 0 aliphatic carbocycles. The Morgan fingerprint density at radius 3 is 2.72 bits per heavy atom. The van der Waals surface area contributed by atoms with Gasteiger partial charge in [-0.15, -0.1) is 0 Å². The fourth-order valence-corrected chi connectivity index (χ4v) is 3.46. The van der Waals surface area contributed by atoms with E-state index in [1.54, 1.807) is 32.2 Å². The minimum atomic E-state index is -4.18. The predicted molar refractivity (Wildman–Crippen MR) is 106 cm³/mol. The lowest BCUT2D eigenvalue weighted by atomic mass is 10.1. The first-order chi connectivity index (χ1) is 13.7. The van der Waals surface area contributed by atoms with E-state index in [9.17, 15) is 17.6 Å². The second-order valence-electron chi connectivity index (χ2n) is 7.33. The molecule has 164 valence electrons. The quantitative estimate of drug-likeness (QED) is 0.399. The zero-order chi connectivity index (χ0) is 21.4. The van der Waals surface area contributed by atoms with Crippen molar-refractivity contribution in [1.82, 2.24) is 15.1 Å². The Morgan fingerprint density at radius 1 is 1.38 bits per heavy atom. The van der Waals surface area contributed by atoms with Crippen molar-refractivity contribution in [3.05, 3.63) is 30.1 Å². The summed E-state index contributed by atoms with van der Waals surface area (Å²) in [5.74, 6) is 0.617. The summed E-state index contributed by atoms with van der Waals surface area (Å²) in [5.41, 5.74) is 0. The van der Waals surface area contributed by atoms with Gasteiger partial charge in [-0.3, -0.25) is 9.89 Å². The third-order valence-electron chi connectivity index (χ3n) is 4.88. The van der Waals surface area contributed by atoms with Gasteiger partial charge < -0.3 is 15.0 Å². The second kappa shape index (κ2) is 10.7. The summed E-state index contributed by atoms with van der Waals surface area (Å²) in [4.78, 5) is 7.75. The van der Waals surface area contributed by atoms with E-state index >= 15 is 0 Å². The van der Waals surface area contributed by atoms with Gasteiger partial charge in [-0.05, 0) is 37.9 Å². The number of alkyl halides is 3. The van der Waals surface area contributed by atoms with E-state index in [-0.39, 0.29) is 17.8 Å². The van der Waals surface area contributed by atoms with Crippen LogP contribution in [-0.2, 0) is 0 Å². The Morgan fingerprint density at radius 2 is 2.10 bits per heavy atom. The number of nitrogens with zero attached hydrogens (tertiary/aromatic N) is 3. The van der Waals surface area contributed by atoms with E-state index in [4.69, 9.17) is 4.74 Å². The van der Waals surface area contributed by atoms with Crippen molar-refractivity contribution < 1.29 is 22.3 Å². The molecule has 1 heterocycles. The maximum absolute atomic E-state index is 13.7. The van der Waals surface area contributed by atoms with E-state index in [1.807, 2.05) is 11.8 Å². The summed E-state index contributed by atoms with van der Waals surface area (Å²) in [6.45, 7) is 5.29. The maximum atomic E-state index is 13.7. The molecule has 2 rings (SSSR count). The van der Waals surface area contributed by atoms with Gasteiger partial charge in [-0.2, -0.15) is 13.2 Å². The van der Waals surface area contributed by atoms with Gasteiger partial charge in [0.25, 0.3) is 0 Å². The maximum Gasteiger partial charge on any atom is 0.401 e. The molecule has 0 saturated carbocycles. The topological polar surface area (TPSA) is 40.1 Å². The molecule has 9 heteroatoms. The molecule has 1 aromatic carbocycles. The summed E-state index contributed by atoms with van der Waals surface area (Å²) in [5, 5.41) is 3.21. The molecule has 29 heavy (non-hydrogen) atoms. The van der Waals surface area contributed by atoms with Crippen molar-refractivity contribution in [3.8, 4) is 5.75 Å². The first-order valence-electron chi connectivity index (χ1n) is 9.87. The number of ether oxygens (including phenoxy) is 1. The van der Waals surface area contributed by atoms with Crippen LogP contribution < -0.4 is 10.1 Å². The molecular weight excluding hydrogens is 388 g/mol. The molecule has 0 spiro atoms. The van der Waals surface area contributed by atoms with E-state index in [0.29, 0.717) is 32.1 Å². The van der Waals surface area contributed by atoms with Crippen LogP contribution in [0.3, 0.4) is 0 Å². The fraction of sp³-hybridized carbons (Fsp3) is 0.650. The van der Waals surface area contributed by atoms with Crippen LogP contribution >= 0.6 is 0 Å². The predicted octanol–water partition coefficient (Wildman–Crippen LogP) is 3.37. The lowest BCUT2D eigenvalue weighted by Gasteiger charge is -2.26. The number of benzene rings is 1. The number of halogens is 4. The van der Waals surface area contributed by atoms with E-state index in [0.717, 1.165) is 13.0 Å². The first kappa shape index (κ1) is 23.3. The third-order valence-corrected chi connectivity index (χ3v) is 4.88. The average Bonchev–Trinajstić information content (AvgIpc) is 3.11. The largest absolute Gasteiger partial charge is 0.486 e. The van der Waals surface area contributed by atoms with Gasteiger partial charge in [0.15, 0.2) is 17.5 Å². The Bertz CT molecular complexity index is 668. The molecule has 1 saturated heterocycles. The van der Waals surface area contributed by atoms with Gasteiger partial charge in [-0.1, -0.05) is 19.1 Å². The Hall–Kier alpha value is -2.03. The molecule has 2 unspecified atom stereocenters. The van der Waals surface area contributed by atoms with Crippen molar-refractivity contribution in [1.29, 1.82) is 0 Å². The molecule has 1 aliphatic rings. The fourth-order valence-electron chi connectivity index (χ4n) is 3.46. The van der Waals surface area contributed by atoms with Crippen molar-refractivity contribution in [2.45, 2.75) is 32.5 Å². The molecule has 0 bridgehead atoms. The highest BCUT2D eigenvalue weighted by molar-refractivity contribution is 5.80. The van der Waals surface area contributed by atoms with Crippen LogP contribution in [0.5, 0.6) is 5.75 Å². The number of rotatable bonds is 8. The van der Waals surface area contributed by atoms with E-state index in [1.165, 1.54) is 11.0 Å². The van der Waals surface area contributed by atoms with E-state index in [2.05, 4.69) is 10.3 Å². The lowest BCUT2D eigenvalue weighted by molar-refractivity contribution is -0.146. The monoisotopic (exact) mass is 418 g/mol. The Balaban J connectivity index is 1.81. The first-order valence-corrected chi connectivity index (χ1v) is 9.87. The molecule has 0 amide bonds. The second-order valence-corrected chi connectivity index (χ2v) is 7.33. The molecule has 2 atom stereocenters. The number of aliphatic imine (C=N–C) groups is 1. The van der Waals surface area contributed by atoms with Gasteiger partial charge in [0, 0.05) is 26.7 Å². The lowest BCUT2D eigenvalue weighted by Crippen LogP contribution is -2.44. The number of hydrogen-bond acceptors (Lipinski definition) is 3. The average molecular weight is 418 g/mol. The molecular formula is C20H30F4N4O. The SMILES string of the molecule is CCN(CC1CCN(C(=NC)NCC(C)Oc2ccccc2F)C1)CC(F)(F)F. The normalized spacial score (nSPS) is 19.0. The van der Waals surface area contributed by atoms with Crippen molar-refractivity contribution in [2.75, 3.05) is 46.3 Å². The summed E-state index contributed by atoms with van der Waals surface area (Å²) < 4.78 is 57.3. The third kappa shape index (κ3) is 7.72. The summed E-state index contributed by atoms with van der Waals surface area (Å²) in [6, 6.07) is 6.23. The van der Waals surface area contributed by atoms with Crippen molar-refractivity contribution in [2.24, 2.45) is 10.9 Å². The van der Waals surface area contributed by atoms with Crippen molar-refractivity contribution >= 4 is 5.96 Å². The molecule has 0 radical (unpaired) electrons. The number of hydrogen-bond donors (Lipinski definition) is 1. The van der Waals surface area contributed by atoms with Crippen LogP contribution in [0.2, 0.25) is 0 Å². The highest BCUT2D eigenvalue weighted by Crippen LogP contribution is 2.21. The van der Waals surface area contributed by atoms with Gasteiger partial charge >= 0.3 is 6.18 Å². The van der Waals surface area contributed by atoms with Gasteiger partial charge in [-0.25, -0.2) is 4.39 Å². The standard InChI is InChI=1S/C20H30F4N4O/c1-4-27(14-20(22,23)24)12-16-9-10-28(13-16)19(25-3)26-11-15(2)29-18-8-6-5-7-17(18)21/h5-8,15-16H,4,9-14H2,1-3H3,(H,25,26). The molecule has 5 nitrogen and oxygen atoms in total. The highest BCUT2D eigenvalue weighted by atomic mass is 19.4. The smallest absolute Gasteiger partial charge is 0.401 e. The number of para-hydroxylation sites is 1. The zero-order valence-corrected chi connectivity index (χ0v) is 17.2. The molecule has 1 N–H and O–H groups in total. The number of guanidine groups is 1. The van der Waals surface area contributed by atoms with Crippen LogP contribution in [0.4, 0.5) is 17.6 Å². The Kier molecular flexibility index (Phi) is 8.55. The summed E-state index contributed by atoms with van der Waals surface area (Å²) in [7, 11) is 1.67. The molecule has 1 aliphatic heterocycles. The van der Waals surface area contributed by atoms with Gasteiger partial charge in [0.05, 0.1) is 13.1 Å². The van der Waals surface area contributed by atoms with Gasteiger partial charge in [0.2, 0.25) is 0 Å². The summed E-state index contributed by atoms with van der Waals surface area (Å²) in [6.07, 6.45) is -3.65. The highest BCUT2D eigenvalue weighted by Gasteiger charge is 2.33. The number of nitrogens with one attached hydrogen (secondary N) is 1. The van der Waals surface area contributed by atoms with E-state index < -0.39 is 18.5 Å². The van der Waals surface area contributed by atoms with Crippen LogP contribution in [0.15, 0.2) is 29.3 Å². The number of likely N-dealkylation sites (tertiary alicyclic amines) is 1. The zero-order valence-electron chi connectivity index (χ0n) is 17.2. The molecule has 1 aromatic rings. The van der Waals surface area contributed by atoms with Gasteiger partial charge in [0.1, 0.15) is 6.10 Å². The Labute approximate surface area is 169 Å². The molecule has 0 aromatic heterocycles.